The minimum atomic E-state index is -3.10. The Hall–Kier alpha value is -0.870. The predicted octanol–water partition coefficient (Wildman–Crippen LogP) is 2.13. The summed E-state index contributed by atoms with van der Waals surface area (Å²) < 4.78 is 25.5. The van der Waals surface area contributed by atoms with E-state index in [-0.39, 0.29) is 5.75 Å². The maximum absolute atomic E-state index is 11.4. The molecular weight excluding hydrogens is 222 g/mol. The molecule has 0 atom stereocenters. The molecule has 0 amide bonds. The normalized spacial score (nSPS) is 11.7. The third-order valence-electron chi connectivity index (χ3n) is 2.54. The van der Waals surface area contributed by atoms with E-state index in [1.54, 1.807) is 0 Å². The summed E-state index contributed by atoms with van der Waals surface area (Å²) >= 11 is 0. The molecular formula is C12H19NO2S. The quantitative estimate of drug-likeness (QED) is 0.858. The summed E-state index contributed by atoms with van der Waals surface area (Å²) in [5, 5.41) is 0. The topological polar surface area (TPSA) is 46.2 Å². The Balaban J connectivity index is 2.65. The molecule has 0 spiro atoms. The van der Waals surface area contributed by atoms with Gasteiger partial charge in [-0.2, -0.15) is 0 Å². The Morgan fingerprint density at radius 3 is 2.44 bits per heavy atom. The van der Waals surface area contributed by atoms with E-state index >= 15 is 0 Å². The van der Waals surface area contributed by atoms with Crippen molar-refractivity contribution in [2.45, 2.75) is 33.7 Å². The second kappa shape index (κ2) is 5.46. The van der Waals surface area contributed by atoms with Gasteiger partial charge in [0.2, 0.25) is 10.0 Å². The molecule has 0 aromatic heterocycles. The third-order valence-corrected chi connectivity index (χ3v) is 4.07. The first-order valence-electron chi connectivity index (χ1n) is 5.48. The molecule has 0 fully saturated rings. The molecule has 1 N–H and O–H groups in total. The molecule has 1 aromatic rings. The highest BCUT2D eigenvalue weighted by Crippen LogP contribution is 2.09. The average molecular weight is 241 g/mol. The summed E-state index contributed by atoms with van der Waals surface area (Å²) in [6.45, 7) is 6.30. The van der Waals surface area contributed by atoms with Gasteiger partial charge in [-0.3, -0.25) is 0 Å². The number of sulfonamides is 1. The molecule has 0 heterocycles. The van der Waals surface area contributed by atoms with Crippen molar-refractivity contribution in [3.8, 4) is 0 Å². The summed E-state index contributed by atoms with van der Waals surface area (Å²) in [5.41, 5.74) is 3.41. The Labute approximate surface area is 97.9 Å². The number of rotatable bonds is 5. The molecule has 16 heavy (non-hydrogen) atoms. The number of benzene rings is 1. The van der Waals surface area contributed by atoms with Crippen molar-refractivity contribution in [2.75, 3.05) is 5.75 Å². The average Bonchev–Trinajstić information content (AvgIpc) is 2.20. The number of aryl methyl sites for hydroxylation is 2. The van der Waals surface area contributed by atoms with E-state index in [1.807, 2.05) is 39.0 Å². The zero-order chi connectivity index (χ0) is 12.2. The highest BCUT2D eigenvalue weighted by atomic mass is 32.2. The van der Waals surface area contributed by atoms with Crippen LogP contribution in [-0.4, -0.2) is 14.2 Å². The molecule has 0 unspecified atom stereocenters. The van der Waals surface area contributed by atoms with Gasteiger partial charge in [0.25, 0.3) is 0 Å². The molecule has 0 radical (unpaired) electrons. The Morgan fingerprint density at radius 2 is 1.88 bits per heavy atom. The minimum Gasteiger partial charge on any atom is -0.212 e. The minimum absolute atomic E-state index is 0.192. The van der Waals surface area contributed by atoms with Crippen LogP contribution in [0.15, 0.2) is 18.2 Å². The summed E-state index contributed by atoms with van der Waals surface area (Å²) in [6.07, 6.45) is 0.641. The molecule has 0 aliphatic rings. The molecule has 1 aromatic carbocycles. The van der Waals surface area contributed by atoms with Crippen molar-refractivity contribution in [3.05, 3.63) is 34.9 Å². The van der Waals surface area contributed by atoms with E-state index in [1.165, 1.54) is 11.1 Å². The van der Waals surface area contributed by atoms with E-state index in [9.17, 15) is 8.42 Å². The Kier molecular flexibility index (Phi) is 4.50. The van der Waals surface area contributed by atoms with Crippen molar-refractivity contribution >= 4 is 10.0 Å². The predicted molar refractivity (Wildman–Crippen MR) is 66.8 cm³/mol. The number of hydrogen-bond acceptors (Lipinski definition) is 2. The zero-order valence-corrected chi connectivity index (χ0v) is 10.9. The van der Waals surface area contributed by atoms with Gasteiger partial charge in [-0.1, -0.05) is 25.1 Å². The van der Waals surface area contributed by atoms with Crippen LogP contribution in [0.3, 0.4) is 0 Å². The molecule has 0 saturated carbocycles. The van der Waals surface area contributed by atoms with E-state index in [0.717, 1.165) is 5.56 Å². The highest BCUT2D eigenvalue weighted by Gasteiger charge is 2.07. The maximum atomic E-state index is 11.4. The van der Waals surface area contributed by atoms with E-state index in [4.69, 9.17) is 0 Å². The maximum Gasteiger partial charge on any atom is 0.211 e. The van der Waals surface area contributed by atoms with Gasteiger partial charge in [-0.15, -0.1) is 0 Å². The van der Waals surface area contributed by atoms with Crippen LogP contribution >= 0.6 is 0 Å². The van der Waals surface area contributed by atoms with E-state index in [2.05, 4.69) is 4.72 Å². The van der Waals surface area contributed by atoms with E-state index < -0.39 is 10.0 Å². The first kappa shape index (κ1) is 13.2. The number of nitrogens with one attached hydrogen (secondary N) is 1. The van der Waals surface area contributed by atoms with Crippen LogP contribution in [0.4, 0.5) is 0 Å². The molecule has 90 valence electrons. The first-order chi connectivity index (χ1) is 7.44. The lowest BCUT2D eigenvalue weighted by molar-refractivity contribution is 0.580. The van der Waals surface area contributed by atoms with Crippen LogP contribution in [-0.2, 0) is 16.6 Å². The van der Waals surface area contributed by atoms with Gasteiger partial charge in [0.15, 0.2) is 0 Å². The van der Waals surface area contributed by atoms with Crippen molar-refractivity contribution in [1.29, 1.82) is 0 Å². The molecule has 0 bridgehead atoms. The van der Waals surface area contributed by atoms with Crippen molar-refractivity contribution in [1.82, 2.24) is 4.72 Å². The fraction of sp³-hybridized carbons (Fsp3) is 0.500. The van der Waals surface area contributed by atoms with Crippen LogP contribution in [0.2, 0.25) is 0 Å². The third kappa shape index (κ3) is 3.94. The molecule has 0 aliphatic carbocycles. The lowest BCUT2D eigenvalue weighted by Crippen LogP contribution is -2.25. The van der Waals surface area contributed by atoms with Crippen LogP contribution < -0.4 is 4.72 Å². The lowest BCUT2D eigenvalue weighted by Gasteiger charge is -2.07. The standard InChI is InChI=1S/C12H19NO2S/c1-4-7-16(14,15)13-9-12-6-5-10(2)11(3)8-12/h5-6,8,13H,4,7,9H2,1-3H3. The summed E-state index contributed by atoms with van der Waals surface area (Å²) in [6, 6.07) is 5.99. The Morgan fingerprint density at radius 1 is 1.19 bits per heavy atom. The smallest absolute Gasteiger partial charge is 0.211 e. The zero-order valence-electron chi connectivity index (χ0n) is 10.1. The van der Waals surface area contributed by atoms with Crippen LogP contribution in [0, 0.1) is 13.8 Å². The second-order valence-corrected chi connectivity index (χ2v) is 5.99. The van der Waals surface area contributed by atoms with Gasteiger partial charge in [0.1, 0.15) is 0 Å². The van der Waals surface area contributed by atoms with Crippen LogP contribution in [0.5, 0.6) is 0 Å². The summed E-state index contributed by atoms with van der Waals surface area (Å²) in [5.74, 6) is 0.192. The van der Waals surface area contributed by atoms with Gasteiger partial charge < -0.3 is 0 Å². The summed E-state index contributed by atoms with van der Waals surface area (Å²) in [4.78, 5) is 0. The van der Waals surface area contributed by atoms with Crippen LogP contribution in [0.1, 0.15) is 30.0 Å². The van der Waals surface area contributed by atoms with E-state index in [0.29, 0.717) is 13.0 Å². The lowest BCUT2D eigenvalue weighted by atomic mass is 10.1. The Bertz CT molecular complexity index is 452. The van der Waals surface area contributed by atoms with Gasteiger partial charge in [-0.25, -0.2) is 13.1 Å². The van der Waals surface area contributed by atoms with Crippen molar-refractivity contribution < 1.29 is 8.42 Å². The van der Waals surface area contributed by atoms with Crippen LogP contribution in [0.25, 0.3) is 0 Å². The van der Waals surface area contributed by atoms with Gasteiger partial charge in [0.05, 0.1) is 5.75 Å². The van der Waals surface area contributed by atoms with Gasteiger partial charge in [0, 0.05) is 6.54 Å². The van der Waals surface area contributed by atoms with Crippen molar-refractivity contribution in [3.63, 3.8) is 0 Å². The molecule has 1 rings (SSSR count). The van der Waals surface area contributed by atoms with Gasteiger partial charge >= 0.3 is 0 Å². The highest BCUT2D eigenvalue weighted by molar-refractivity contribution is 7.89. The fourth-order valence-corrected chi connectivity index (χ4v) is 2.52. The van der Waals surface area contributed by atoms with Crippen molar-refractivity contribution in [2.24, 2.45) is 0 Å². The SMILES string of the molecule is CCCS(=O)(=O)NCc1ccc(C)c(C)c1. The second-order valence-electron chi connectivity index (χ2n) is 4.06. The fourth-order valence-electron chi connectivity index (χ4n) is 1.45. The number of hydrogen-bond donors (Lipinski definition) is 1. The molecule has 0 aliphatic heterocycles. The monoisotopic (exact) mass is 241 g/mol. The first-order valence-corrected chi connectivity index (χ1v) is 7.13. The largest absolute Gasteiger partial charge is 0.212 e. The molecule has 0 saturated heterocycles. The molecule has 4 heteroatoms. The van der Waals surface area contributed by atoms with Gasteiger partial charge in [-0.05, 0) is 37.0 Å². The summed E-state index contributed by atoms with van der Waals surface area (Å²) in [7, 11) is -3.10. The molecule has 3 nitrogen and oxygen atoms in total.